The topological polar surface area (TPSA) is 83.8 Å². The Hall–Kier alpha value is -1.98. The minimum Gasteiger partial charge on any atom is -0.394 e. The summed E-state index contributed by atoms with van der Waals surface area (Å²) in [6.45, 7) is 3.39. The monoisotopic (exact) mass is 268 g/mol. The Morgan fingerprint density at radius 2 is 1.21 bits per heavy atom. The van der Waals surface area contributed by atoms with E-state index in [9.17, 15) is 9.59 Å². The normalized spacial score (nSPS) is 11.2. The van der Waals surface area contributed by atoms with Crippen LogP contribution >= 0.6 is 0 Å². The molecular formula is C14H20O5. The van der Waals surface area contributed by atoms with Gasteiger partial charge in [-0.05, 0) is 13.8 Å². The summed E-state index contributed by atoms with van der Waals surface area (Å²) < 4.78 is 4.42. The molecule has 5 nitrogen and oxygen atoms in total. The molecule has 0 aliphatic rings. The first-order valence-electron chi connectivity index (χ1n) is 5.68. The average molecular weight is 268 g/mol. The molecule has 0 rings (SSSR count). The van der Waals surface area contributed by atoms with Gasteiger partial charge in [-0.3, -0.25) is 0 Å². The summed E-state index contributed by atoms with van der Waals surface area (Å²) in [6.07, 6.45) is 12.2. The molecule has 0 radical (unpaired) electrons. The van der Waals surface area contributed by atoms with E-state index < -0.39 is 11.9 Å². The number of ether oxygens (including phenoxy) is 1. The van der Waals surface area contributed by atoms with Crippen molar-refractivity contribution in [2.45, 2.75) is 13.8 Å². The van der Waals surface area contributed by atoms with Crippen molar-refractivity contribution in [3.05, 3.63) is 48.6 Å². The van der Waals surface area contributed by atoms with Crippen LogP contribution in [-0.4, -0.2) is 35.4 Å². The Morgan fingerprint density at radius 3 is 1.47 bits per heavy atom. The van der Waals surface area contributed by atoms with Crippen molar-refractivity contribution < 1.29 is 24.5 Å². The van der Waals surface area contributed by atoms with Gasteiger partial charge in [-0.25, -0.2) is 9.59 Å². The third-order valence-corrected chi connectivity index (χ3v) is 1.37. The highest BCUT2D eigenvalue weighted by atomic mass is 16.6. The fourth-order valence-electron chi connectivity index (χ4n) is 0.658. The van der Waals surface area contributed by atoms with E-state index >= 15 is 0 Å². The van der Waals surface area contributed by atoms with Gasteiger partial charge in [0.1, 0.15) is 0 Å². The van der Waals surface area contributed by atoms with Crippen molar-refractivity contribution in [1.82, 2.24) is 0 Å². The maximum absolute atomic E-state index is 10.9. The van der Waals surface area contributed by atoms with Gasteiger partial charge in [0.25, 0.3) is 0 Å². The number of allylic oxidation sites excluding steroid dienone is 6. The Balaban J connectivity index is 0. The zero-order chi connectivity index (χ0) is 14.9. The first kappa shape index (κ1) is 19.4. The molecule has 5 heteroatoms. The van der Waals surface area contributed by atoms with E-state index in [2.05, 4.69) is 4.74 Å². The van der Waals surface area contributed by atoms with Gasteiger partial charge in [-0.15, -0.1) is 0 Å². The van der Waals surface area contributed by atoms with Crippen LogP contribution in [0.1, 0.15) is 13.8 Å². The molecule has 0 unspecified atom stereocenters. The van der Waals surface area contributed by atoms with Gasteiger partial charge in [-0.2, -0.15) is 0 Å². The van der Waals surface area contributed by atoms with Crippen molar-refractivity contribution in [1.29, 1.82) is 0 Å². The minimum atomic E-state index is -0.678. The van der Waals surface area contributed by atoms with Gasteiger partial charge in [0.05, 0.1) is 13.2 Å². The molecule has 2 N–H and O–H groups in total. The Morgan fingerprint density at radius 1 is 0.842 bits per heavy atom. The summed E-state index contributed by atoms with van der Waals surface area (Å²) >= 11 is 0. The van der Waals surface area contributed by atoms with Crippen LogP contribution in [0.4, 0.5) is 0 Å². The quantitative estimate of drug-likeness (QED) is 0.340. The second kappa shape index (κ2) is 16.0. The number of aliphatic hydroxyl groups excluding tert-OH is 2. The molecule has 0 spiro atoms. The Labute approximate surface area is 113 Å². The molecule has 0 fully saturated rings. The van der Waals surface area contributed by atoms with E-state index in [1.54, 1.807) is 24.3 Å². The molecule has 0 aromatic heterocycles. The number of esters is 2. The third-order valence-electron chi connectivity index (χ3n) is 1.37. The highest BCUT2D eigenvalue weighted by Gasteiger charge is 2.01. The third kappa shape index (κ3) is 18.6. The van der Waals surface area contributed by atoms with Crippen molar-refractivity contribution in [2.24, 2.45) is 0 Å². The van der Waals surface area contributed by atoms with E-state index in [0.29, 0.717) is 0 Å². The van der Waals surface area contributed by atoms with Crippen molar-refractivity contribution in [3.63, 3.8) is 0 Å². The Kier molecular flexibility index (Phi) is 16.3. The van der Waals surface area contributed by atoms with Crippen molar-refractivity contribution in [2.75, 3.05) is 13.2 Å². The molecule has 0 aromatic carbocycles. The largest absolute Gasteiger partial charge is 0.394 e. The van der Waals surface area contributed by atoms with Gasteiger partial charge in [0, 0.05) is 12.2 Å². The van der Waals surface area contributed by atoms with Gasteiger partial charge in [-0.1, -0.05) is 36.5 Å². The molecule has 0 bridgehead atoms. The summed E-state index contributed by atoms with van der Waals surface area (Å²) in [7, 11) is 0. The molecule has 0 heterocycles. The molecular weight excluding hydrogens is 248 g/mol. The number of carbonyl (C=O) groups excluding carboxylic acids is 2. The second-order valence-electron chi connectivity index (χ2n) is 2.96. The number of carbonyl (C=O) groups is 2. The maximum Gasteiger partial charge on any atom is 0.338 e. The minimum absolute atomic E-state index is 0.125. The van der Waals surface area contributed by atoms with E-state index in [1.807, 2.05) is 13.8 Å². The maximum atomic E-state index is 10.9. The van der Waals surface area contributed by atoms with Crippen LogP contribution < -0.4 is 0 Å². The van der Waals surface area contributed by atoms with Gasteiger partial charge in [0.15, 0.2) is 0 Å². The lowest BCUT2D eigenvalue weighted by molar-refractivity contribution is -0.152. The highest BCUT2D eigenvalue weighted by Crippen LogP contribution is 1.87. The number of hydrogen-bond acceptors (Lipinski definition) is 5. The molecule has 0 aromatic rings. The van der Waals surface area contributed by atoms with Gasteiger partial charge < -0.3 is 14.9 Å². The molecule has 0 aliphatic heterocycles. The number of hydrogen-bond donors (Lipinski definition) is 2. The molecule has 0 saturated carbocycles. The smallest absolute Gasteiger partial charge is 0.338 e. The van der Waals surface area contributed by atoms with Crippen molar-refractivity contribution in [3.8, 4) is 0 Å². The fourth-order valence-corrected chi connectivity index (χ4v) is 0.658. The summed E-state index contributed by atoms with van der Waals surface area (Å²) in [5, 5.41) is 15.2. The van der Waals surface area contributed by atoms with Crippen LogP contribution in [0.3, 0.4) is 0 Å². The standard InChI is InChI=1S/C12H14O3.C2H6O2/c1-3-5-7-9-11(13)15-12(14)10-8-6-4-2;3-1-2-4/h3-10H,1-2H3;3-4H,1-2H2/b5-3+,6-4?,9-7+,10-8?;. The summed E-state index contributed by atoms with van der Waals surface area (Å²) in [5.41, 5.74) is 0. The molecule has 0 aliphatic carbocycles. The highest BCUT2D eigenvalue weighted by molar-refractivity contribution is 5.96. The molecule has 0 saturated heterocycles. The van der Waals surface area contributed by atoms with E-state index in [4.69, 9.17) is 10.2 Å². The zero-order valence-electron chi connectivity index (χ0n) is 11.2. The van der Waals surface area contributed by atoms with E-state index in [-0.39, 0.29) is 13.2 Å². The molecule has 0 atom stereocenters. The lowest BCUT2D eigenvalue weighted by Crippen LogP contribution is -2.06. The van der Waals surface area contributed by atoms with Gasteiger partial charge >= 0.3 is 11.9 Å². The summed E-state index contributed by atoms with van der Waals surface area (Å²) in [5.74, 6) is -1.36. The van der Waals surface area contributed by atoms with Crippen LogP contribution in [0, 0.1) is 0 Å². The lowest BCUT2D eigenvalue weighted by Gasteiger charge is -1.92. The lowest BCUT2D eigenvalue weighted by atomic mass is 10.4. The fraction of sp³-hybridized carbons (Fsp3) is 0.286. The first-order valence-corrected chi connectivity index (χ1v) is 5.68. The summed E-state index contributed by atoms with van der Waals surface area (Å²) in [6, 6.07) is 0. The van der Waals surface area contributed by atoms with Crippen LogP contribution in [0.25, 0.3) is 0 Å². The van der Waals surface area contributed by atoms with Gasteiger partial charge in [0.2, 0.25) is 0 Å². The number of aliphatic hydroxyl groups is 2. The average Bonchev–Trinajstić information content (AvgIpc) is 2.39. The van der Waals surface area contributed by atoms with Crippen LogP contribution in [0.5, 0.6) is 0 Å². The Bertz CT molecular complexity index is 317. The van der Waals surface area contributed by atoms with Crippen molar-refractivity contribution >= 4 is 11.9 Å². The molecule has 0 amide bonds. The predicted octanol–water partition coefficient (Wildman–Crippen LogP) is 1.29. The first-order chi connectivity index (χ1) is 9.12. The molecule has 19 heavy (non-hydrogen) atoms. The van der Waals surface area contributed by atoms with E-state index in [0.717, 1.165) is 0 Å². The summed E-state index contributed by atoms with van der Waals surface area (Å²) in [4.78, 5) is 21.9. The van der Waals surface area contributed by atoms with Crippen LogP contribution in [-0.2, 0) is 14.3 Å². The van der Waals surface area contributed by atoms with Crippen LogP contribution in [0.2, 0.25) is 0 Å². The second-order valence-corrected chi connectivity index (χ2v) is 2.96. The number of rotatable bonds is 5. The SMILES string of the molecule is CC=CC=CC(=O)OC(=O)/C=C/C=C/C.OCCO. The molecule has 106 valence electrons. The predicted molar refractivity (Wildman–Crippen MR) is 73.2 cm³/mol. The zero-order valence-corrected chi connectivity index (χ0v) is 11.2. The van der Waals surface area contributed by atoms with E-state index in [1.165, 1.54) is 24.3 Å². The van der Waals surface area contributed by atoms with Crippen LogP contribution in [0.15, 0.2) is 48.6 Å².